The molecule has 3 atom stereocenters. The van der Waals surface area contributed by atoms with Gasteiger partial charge in [0.05, 0.1) is 0 Å². The van der Waals surface area contributed by atoms with E-state index in [0.29, 0.717) is 12.5 Å². The highest BCUT2D eigenvalue weighted by molar-refractivity contribution is 7.90. The maximum Gasteiger partial charge on any atom is 0.323 e. The number of fused-ring (bicyclic) bond motifs is 1. The molecule has 1 N–H and O–H groups in total. The first-order valence-electron chi connectivity index (χ1n) is 6.68. The quantitative estimate of drug-likeness (QED) is 0.845. The van der Waals surface area contributed by atoms with Crippen molar-refractivity contribution in [3.8, 4) is 0 Å². The summed E-state index contributed by atoms with van der Waals surface area (Å²) < 4.78 is 26.1. The number of rotatable bonds is 3. The fraction of sp³-hybridized carbons (Fsp3) is 0.917. The molecule has 1 heterocycles. The highest BCUT2D eigenvalue weighted by Gasteiger charge is 2.43. The Labute approximate surface area is 108 Å². The van der Waals surface area contributed by atoms with Gasteiger partial charge in [-0.05, 0) is 38.5 Å². The lowest BCUT2D eigenvalue weighted by Crippen LogP contribution is -2.53. The Morgan fingerprint density at radius 2 is 1.83 bits per heavy atom. The number of aliphatic carboxylic acids is 1. The van der Waals surface area contributed by atoms with Gasteiger partial charge in [0.2, 0.25) is 10.0 Å². The molecule has 5 nitrogen and oxygen atoms in total. The van der Waals surface area contributed by atoms with Gasteiger partial charge >= 0.3 is 5.97 Å². The average Bonchev–Trinajstić information content (AvgIpc) is 2.36. The average molecular weight is 275 g/mol. The van der Waals surface area contributed by atoms with Crippen LogP contribution >= 0.6 is 0 Å². The van der Waals surface area contributed by atoms with Crippen LogP contribution in [0.15, 0.2) is 0 Å². The number of hydrogen-bond donors (Lipinski definition) is 1. The Bertz CT molecular complexity index is 418. The minimum atomic E-state index is -3.70. The van der Waals surface area contributed by atoms with Gasteiger partial charge in [-0.1, -0.05) is 12.8 Å². The second-order valence-electron chi connectivity index (χ2n) is 5.39. The Hall–Kier alpha value is -0.620. The molecule has 1 saturated heterocycles. The van der Waals surface area contributed by atoms with E-state index < -0.39 is 21.2 Å². The van der Waals surface area contributed by atoms with Crippen LogP contribution < -0.4 is 0 Å². The SMILES string of the molecule is CC(C(=O)O)S(=O)(=O)N1CCC[C@H]2CCCC[C@H]21. The van der Waals surface area contributed by atoms with Crippen LogP contribution in [-0.2, 0) is 14.8 Å². The first-order chi connectivity index (χ1) is 8.44. The first kappa shape index (κ1) is 13.8. The van der Waals surface area contributed by atoms with Crippen LogP contribution in [-0.4, -0.2) is 41.6 Å². The van der Waals surface area contributed by atoms with E-state index in [9.17, 15) is 13.2 Å². The summed E-state index contributed by atoms with van der Waals surface area (Å²) in [5.74, 6) is -0.823. The Morgan fingerprint density at radius 1 is 1.22 bits per heavy atom. The smallest absolute Gasteiger partial charge is 0.323 e. The molecule has 2 rings (SSSR count). The van der Waals surface area contributed by atoms with Crippen molar-refractivity contribution in [2.24, 2.45) is 5.92 Å². The number of hydrogen-bond acceptors (Lipinski definition) is 3. The van der Waals surface area contributed by atoms with Crippen molar-refractivity contribution < 1.29 is 18.3 Å². The summed E-state index contributed by atoms with van der Waals surface area (Å²) in [5.41, 5.74) is 0. The molecule has 1 saturated carbocycles. The maximum absolute atomic E-state index is 12.3. The third-order valence-electron chi connectivity index (χ3n) is 4.31. The summed E-state index contributed by atoms with van der Waals surface area (Å²) in [6.07, 6.45) is 6.12. The number of nitrogens with zero attached hydrogens (tertiary/aromatic N) is 1. The largest absolute Gasteiger partial charge is 0.480 e. The van der Waals surface area contributed by atoms with E-state index in [2.05, 4.69) is 0 Å². The van der Waals surface area contributed by atoms with Crippen molar-refractivity contribution in [3.05, 3.63) is 0 Å². The molecule has 0 radical (unpaired) electrons. The second-order valence-corrected chi connectivity index (χ2v) is 7.60. The van der Waals surface area contributed by atoms with Gasteiger partial charge in [-0.25, -0.2) is 8.42 Å². The molecule has 0 amide bonds. The molecule has 18 heavy (non-hydrogen) atoms. The van der Waals surface area contributed by atoms with E-state index >= 15 is 0 Å². The summed E-state index contributed by atoms with van der Waals surface area (Å²) in [5, 5.41) is 7.60. The molecule has 0 aromatic carbocycles. The van der Waals surface area contributed by atoms with Crippen molar-refractivity contribution >= 4 is 16.0 Å². The Morgan fingerprint density at radius 3 is 2.50 bits per heavy atom. The maximum atomic E-state index is 12.3. The van der Waals surface area contributed by atoms with E-state index in [-0.39, 0.29) is 6.04 Å². The molecule has 0 aromatic heterocycles. The van der Waals surface area contributed by atoms with Crippen LogP contribution in [0.25, 0.3) is 0 Å². The lowest BCUT2D eigenvalue weighted by atomic mass is 9.79. The van der Waals surface area contributed by atoms with Crippen LogP contribution in [0.1, 0.15) is 45.4 Å². The zero-order valence-corrected chi connectivity index (χ0v) is 11.5. The second kappa shape index (κ2) is 5.17. The fourth-order valence-corrected chi connectivity index (χ4v) is 4.93. The van der Waals surface area contributed by atoms with Crippen molar-refractivity contribution in [1.29, 1.82) is 0 Å². The Balaban J connectivity index is 2.23. The van der Waals surface area contributed by atoms with Crippen molar-refractivity contribution in [3.63, 3.8) is 0 Å². The topological polar surface area (TPSA) is 74.7 Å². The normalized spacial score (nSPS) is 31.6. The number of carboxylic acids is 1. The van der Waals surface area contributed by atoms with Crippen molar-refractivity contribution in [2.45, 2.75) is 56.7 Å². The molecule has 104 valence electrons. The minimum absolute atomic E-state index is 0.0410. The number of sulfonamides is 1. The number of carboxylic acid groups (broad SMARTS) is 1. The van der Waals surface area contributed by atoms with Gasteiger partial charge in [-0.3, -0.25) is 4.79 Å². The molecule has 6 heteroatoms. The molecule has 2 fully saturated rings. The van der Waals surface area contributed by atoms with Crippen LogP contribution in [0.4, 0.5) is 0 Å². The van der Waals surface area contributed by atoms with Gasteiger partial charge in [0.1, 0.15) is 0 Å². The minimum Gasteiger partial charge on any atom is -0.480 e. The van der Waals surface area contributed by atoms with Gasteiger partial charge in [0.15, 0.2) is 5.25 Å². The molecule has 0 bridgehead atoms. The van der Waals surface area contributed by atoms with Crippen LogP contribution in [0, 0.1) is 5.92 Å². The third-order valence-corrected chi connectivity index (χ3v) is 6.52. The lowest BCUT2D eigenvalue weighted by molar-refractivity contribution is -0.136. The summed E-state index contributed by atoms with van der Waals surface area (Å²) in [7, 11) is -3.70. The predicted molar refractivity (Wildman–Crippen MR) is 67.7 cm³/mol. The number of piperidine rings is 1. The van der Waals surface area contributed by atoms with Crippen LogP contribution in [0.5, 0.6) is 0 Å². The summed E-state index contributed by atoms with van der Waals surface area (Å²) in [6.45, 7) is 1.76. The van der Waals surface area contributed by atoms with E-state index in [0.717, 1.165) is 32.1 Å². The molecule has 1 aliphatic heterocycles. The van der Waals surface area contributed by atoms with E-state index in [1.165, 1.54) is 17.6 Å². The summed E-state index contributed by atoms with van der Waals surface area (Å²) >= 11 is 0. The first-order valence-corrected chi connectivity index (χ1v) is 8.18. The zero-order valence-electron chi connectivity index (χ0n) is 10.7. The van der Waals surface area contributed by atoms with Gasteiger partial charge in [0.25, 0.3) is 0 Å². The molecule has 1 unspecified atom stereocenters. The monoisotopic (exact) mass is 275 g/mol. The number of carbonyl (C=O) groups is 1. The highest BCUT2D eigenvalue weighted by Crippen LogP contribution is 2.37. The van der Waals surface area contributed by atoms with E-state index in [4.69, 9.17) is 5.11 Å². The van der Waals surface area contributed by atoms with E-state index in [1.54, 1.807) is 0 Å². The molecule has 1 aliphatic carbocycles. The molecule has 0 aromatic rings. The predicted octanol–water partition coefficient (Wildman–Crippen LogP) is 1.44. The van der Waals surface area contributed by atoms with Crippen molar-refractivity contribution in [2.75, 3.05) is 6.54 Å². The van der Waals surface area contributed by atoms with Crippen molar-refractivity contribution in [1.82, 2.24) is 4.31 Å². The zero-order chi connectivity index (χ0) is 13.3. The molecular formula is C12H21NO4S. The molecule has 2 aliphatic rings. The van der Waals surface area contributed by atoms with Crippen LogP contribution in [0.2, 0.25) is 0 Å². The molecule has 0 spiro atoms. The van der Waals surface area contributed by atoms with Gasteiger partial charge in [0, 0.05) is 12.6 Å². The van der Waals surface area contributed by atoms with Gasteiger partial charge < -0.3 is 5.11 Å². The van der Waals surface area contributed by atoms with Crippen LogP contribution in [0.3, 0.4) is 0 Å². The van der Waals surface area contributed by atoms with E-state index in [1.807, 2.05) is 0 Å². The van der Waals surface area contributed by atoms with Gasteiger partial charge in [-0.15, -0.1) is 0 Å². The molecular weight excluding hydrogens is 254 g/mol. The lowest BCUT2D eigenvalue weighted by Gasteiger charge is -2.43. The van der Waals surface area contributed by atoms with Gasteiger partial charge in [-0.2, -0.15) is 4.31 Å². The highest BCUT2D eigenvalue weighted by atomic mass is 32.2. The fourth-order valence-electron chi connectivity index (χ4n) is 3.23. The Kier molecular flexibility index (Phi) is 3.96. The standard InChI is InChI=1S/C12H21NO4S/c1-9(12(14)15)18(16,17)13-8-4-6-10-5-2-3-7-11(10)13/h9-11H,2-8H2,1H3,(H,14,15)/t9?,10-,11-/m1/s1. The summed E-state index contributed by atoms with van der Waals surface area (Å²) in [6, 6.07) is 0.0410. The third kappa shape index (κ3) is 2.40. The summed E-state index contributed by atoms with van der Waals surface area (Å²) in [4.78, 5) is 10.9.